The van der Waals surface area contributed by atoms with E-state index in [2.05, 4.69) is 5.32 Å². The Balaban J connectivity index is 2.08. The number of carbonyl (C=O) groups is 1. The number of carbonyl (C=O) groups excluding carboxylic acids is 1. The molecule has 104 valence electrons. The summed E-state index contributed by atoms with van der Waals surface area (Å²) in [4.78, 5) is 11.9. The second-order valence-corrected chi connectivity index (χ2v) is 4.69. The number of hydrogen-bond acceptors (Lipinski definition) is 3. The molecule has 1 heterocycles. The van der Waals surface area contributed by atoms with E-state index >= 15 is 0 Å². The summed E-state index contributed by atoms with van der Waals surface area (Å²) in [6.07, 6.45) is 4.51. The van der Waals surface area contributed by atoms with Crippen LogP contribution in [-0.2, 0) is 10.3 Å². The number of aliphatic hydroxyl groups is 1. The molecule has 0 saturated carbocycles. The molecule has 0 radical (unpaired) electrons. The number of aliphatic hydroxyl groups excluding tert-OH is 1. The number of rotatable bonds is 5. The van der Waals surface area contributed by atoms with Crippen molar-refractivity contribution in [3.63, 3.8) is 0 Å². The number of amides is 1. The van der Waals surface area contributed by atoms with Gasteiger partial charge in [0.15, 0.2) is 0 Å². The molecule has 0 bridgehead atoms. The summed E-state index contributed by atoms with van der Waals surface area (Å²) in [6, 6.07) is 12.9. The molecule has 2 aromatic rings. The van der Waals surface area contributed by atoms with Crippen LogP contribution in [-0.4, -0.2) is 17.6 Å². The molecule has 0 fully saturated rings. The van der Waals surface area contributed by atoms with E-state index in [9.17, 15) is 9.90 Å². The van der Waals surface area contributed by atoms with Gasteiger partial charge in [0, 0.05) is 6.08 Å². The molecule has 1 atom stereocenters. The minimum Gasteiger partial charge on any atom is -0.465 e. The zero-order chi connectivity index (χ0) is 14.4. The fourth-order valence-corrected chi connectivity index (χ4v) is 1.87. The highest BCUT2D eigenvalue weighted by Crippen LogP contribution is 2.19. The van der Waals surface area contributed by atoms with Crippen LogP contribution in [0.4, 0.5) is 0 Å². The molecule has 1 unspecified atom stereocenters. The maximum atomic E-state index is 11.9. The molecule has 1 amide bonds. The van der Waals surface area contributed by atoms with Crippen molar-refractivity contribution in [2.45, 2.75) is 12.5 Å². The Morgan fingerprint density at radius 1 is 1.30 bits per heavy atom. The number of hydrogen-bond donors (Lipinski definition) is 2. The van der Waals surface area contributed by atoms with Gasteiger partial charge in [-0.15, -0.1) is 0 Å². The van der Waals surface area contributed by atoms with Gasteiger partial charge in [0.1, 0.15) is 5.76 Å². The lowest BCUT2D eigenvalue weighted by Crippen LogP contribution is -2.45. The molecule has 0 aliphatic carbocycles. The molecule has 20 heavy (non-hydrogen) atoms. The fourth-order valence-electron chi connectivity index (χ4n) is 1.87. The molecular formula is C16H17NO3. The van der Waals surface area contributed by atoms with Crippen LogP contribution in [0.15, 0.2) is 59.2 Å². The van der Waals surface area contributed by atoms with Gasteiger partial charge in [0.25, 0.3) is 0 Å². The Hall–Kier alpha value is -2.33. The highest BCUT2D eigenvalue weighted by Gasteiger charge is 2.26. The zero-order valence-electron chi connectivity index (χ0n) is 11.2. The second-order valence-electron chi connectivity index (χ2n) is 4.69. The summed E-state index contributed by atoms with van der Waals surface area (Å²) < 4.78 is 5.11. The Morgan fingerprint density at radius 3 is 2.65 bits per heavy atom. The van der Waals surface area contributed by atoms with Crippen molar-refractivity contribution in [1.82, 2.24) is 5.32 Å². The largest absolute Gasteiger partial charge is 0.465 e. The van der Waals surface area contributed by atoms with Crippen molar-refractivity contribution >= 4 is 12.0 Å². The van der Waals surface area contributed by atoms with Crippen LogP contribution < -0.4 is 5.32 Å². The van der Waals surface area contributed by atoms with Gasteiger partial charge in [0.05, 0.1) is 18.4 Å². The highest BCUT2D eigenvalue weighted by atomic mass is 16.3. The molecule has 1 aromatic heterocycles. The van der Waals surface area contributed by atoms with E-state index in [1.165, 1.54) is 6.08 Å². The van der Waals surface area contributed by atoms with Crippen molar-refractivity contribution in [3.8, 4) is 0 Å². The first kappa shape index (κ1) is 14.1. The Morgan fingerprint density at radius 2 is 2.05 bits per heavy atom. The van der Waals surface area contributed by atoms with Crippen molar-refractivity contribution in [2.75, 3.05) is 6.61 Å². The average Bonchev–Trinajstić information content (AvgIpc) is 2.99. The molecule has 0 spiro atoms. The minimum atomic E-state index is -0.814. The predicted molar refractivity (Wildman–Crippen MR) is 76.8 cm³/mol. The lowest BCUT2D eigenvalue weighted by molar-refractivity contribution is -0.118. The normalized spacial score (nSPS) is 14.1. The molecule has 4 nitrogen and oxygen atoms in total. The third kappa shape index (κ3) is 3.36. The maximum absolute atomic E-state index is 11.9. The molecule has 0 saturated heterocycles. The summed E-state index contributed by atoms with van der Waals surface area (Å²) in [5, 5.41) is 12.4. The van der Waals surface area contributed by atoms with Crippen LogP contribution in [0.25, 0.3) is 6.08 Å². The monoisotopic (exact) mass is 271 g/mol. The smallest absolute Gasteiger partial charge is 0.244 e. The van der Waals surface area contributed by atoms with Crippen molar-refractivity contribution < 1.29 is 14.3 Å². The highest BCUT2D eigenvalue weighted by molar-refractivity contribution is 5.92. The van der Waals surface area contributed by atoms with Gasteiger partial charge in [-0.3, -0.25) is 4.79 Å². The van der Waals surface area contributed by atoms with Crippen LogP contribution in [0.5, 0.6) is 0 Å². The van der Waals surface area contributed by atoms with E-state index in [1.54, 1.807) is 31.4 Å². The Labute approximate surface area is 117 Å². The maximum Gasteiger partial charge on any atom is 0.244 e. The minimum absolute atomic E-state index is 0.183. The van der Waals surface area contributed by atoms with Gasteiger partial charge in [-0.1, -0.05) is 30.3 Å². The molecule has 2 rings (SSSR count). The molecule has 0 aliphatic rings. The second kappa shape index (κ2) is 6.21. The average molecular weight is 271 g/mol. The first-order valence-electron chi connectivity index (χ1n) is 6.34. The summed E-state index contributed by atoms with van der Waals surface area (Å²) >= 11 is 0. The third-order valence-electron chi connectivity index (χ3n) is 3.07. The van der Waals surface area contributed by atoms with Gasteiger partial charge in [0.2, 0.25) is 5.91 Å². The van der Waals surface area contributed by atoms with Crippen LogP contribution in [0, 0.1) is 0 Å². The zero-order valence-corrected chi connectivity index (χ0v) is 11.2. The predicted octanol–water partition coefficient (Wildman–Crippen LogP) is 2.32. The van der Waals surface area contributed by atoms with E-state index in [0.29, 0.717) is 5.76 Å². The van der Waals surface area contributed by atoms with Gasteiger partial charge in [-0.05, 0) is 30.7 Å². The molecule has 1 aromatic carbocycles. The van der Waals surface area contributed by atoms with Crippen LogP contribution in [0.1, 0.15) is 18.2 Å². The first-order valence-corrected chi connectivity index (χ1v) is 6.34. The van der Waals surface area contributed by atoms with Crippen LogP contribution in [0.3, 0.4) is 0 Å². The van der Waals surface area contributed by atoms with Crippen molar-refractivity contribution in [1.29, 1.82) is 0 Å². The van der Waals surface area contributed by atoms with Crippen LogP contribution >= 0.6 is 0 Å². The molecule has 0 aliphatic heterocycles. The quantitative estimate of drug-likeness (QED) is 0.820. The number of furan rings is 1. The lowest BCUT2D eigenvalue weighted by Gasteiger charge is -2.28. The van der Waals surface area contributed by atoms with Gasteiger partial charge in [-0.25, -0.2) is 0 Å². The number of benzene rings is 1. The van der Waals surface area contributed by atoms with Gasteiger partial charge >= 0.3 is 0 Å². The number of nitrogens with one attached hydrogen (secondary N) is 1. The van der Waals surface area contributed by atoms with E-state index in [-0.39, 0.29) is 12.5 Å². The van der Waals surface area contributed by atoms with Gasteiger partial charge < -0.3 is 14.8 Å². The van der Waals surface area contributed by atoms with Crippen molar-refractivity contribution in [2.24, 2.45) is 0 Å². The summed E-state index contributed by atoms with van der Waals surface area (Å²) in [5.41, 5.74) is 0.0357. The molecule has 2 N–H and O–H groups in total. The standard InChI is InChI=1S/C16H17NO3/c1-16(12-18,13-6-3-2-4-7-13)17-15(19)10-9-14-8-5-11-20-14/h2-11,18H,12H2,1H3,(H,17,19)/b10-9+. The Bertz CT molecular complexity index is 575. The Kier molecular flexibility index (Phi) is 4.38. The van der Waals surface area contributed by atoms with Gasteiger partial charge in [-0.2, -0.15) is 0 Å². The van der Waals surface area contributed by atoms with E-state index in [4.69, 9.17) is 4.42 Å². The topological polar surface area (TPSA) is 62.5 Å². The summed E-state index contributed by atoms with van der Waals surface area (Å²) in [6.45, 7) is 1.60. The summed E-state index contributed by atoms with van der Waals surface area (Å²) in [7, 11) is 0. The lowest BCUT2D eigenvalue weighted by atomic mass is 9.93. The first-order chi connectivity index (χ1) is 9.64. The molecular weight excluding hydrogens is 254 g/mol. The third-order valence-corrected chi connectivity index (χ3v) is 3.07. The molecule has 4 heteroatoms. The SMILES string of the molecule is CC(CO)(NC(=O)/C=C/c1ccco1)c1ccccc1. The fraction of sp³-hybridized carbons (Fsp3) is 0.188. The van der Waals surface area contributed by atoms with E-state index in [1.807, 2.05) is 30.3 Å². The van der Waals surface area contributed by atoms with E-state index < -0.39 is 5.54 Å². The van der Waals surface area contributed by atoms with Crippen LogP contribution in [0.2, 0.25) is 0 Å². The van der Waals surface area contributed by atoms with E-state index in [0.717, 1.165) is 5.56 Å². The summed E-state index contributed by atoms with van der Waals surface area (Å²) in [5.74, 6) is 0.312. The van der Waals surface area contributed by atoms with Crippen molar-refractivity contribution in [3.05, 3.63) is 66.1 Å².